The van der Waals surface area contributed by atoms with E-state index >= 15 is 0 Å². The molecule has 2 aromatic carbocycles. The van der Waals surface area contributed by atoms with Gasteiger partial charge in [0.05, 0.1) is 32.8 Å². The van der Waals surface area contributed by atoms with E-state index in [-0.39, 0.29) is 23.4 Å². The van der Waals surface area contributed by atoms with Crippen molar-refractivity contribution in [1.82, 2.24) is 0 Å². The van der Waals surface area contributed by atoms with E-state index in [0.717, 1.165) is 12.8 Å². The Morgan fingerprint density at radius 3 is 2.43 bits per heavy atom. The first-order chi connectivity index (χ1) is 14.5. The summed E-state index contributed by atoms with van der Waals surface area (Å²) in [5, 5.41) is 0. The Hall–Kier alpha value is -3.48. The van der Waals surface area contributed by atoms with E-state index in [9.17, 15) is 9.59 Å². The number of Topliss-reactive ketones (excluding diaryl/α,β-unsaturated/α-hetero) is 1. The van der Waals surface area contributed by atoms with Crippen LogP contribution in [0.15, 0.2) is 30.0 Å². The minimum atomic E-state index is -0.251. The van der Waals surface area contributed by atoms with Gasteiger partial charge in [-0.15, -0.1) is 0 Å². The Morgan fingerprint density at radius 1 is 1.07 bits per heavy atom. The number of hydrogen-bond acceptors (Lipinski definition) is 7. The van der Waals surface area contributed by atoms with Gasteiger partial charge in [-0.25, -0.2) is 0 Å². The summed E-state index contributed by atoms with van der Waals surface area (Å²) in [5.41, 5.74) is 1.73. The van der Waals surface area contributed by atoms with Crippen molar-refractivity contribution in [3.05, 3.63) is 46.7 Å². The topological polar surface area (TPSA) is 80.3 Å². The summed E-state index contributed by atoms with van der Waals surface area (Å²) < 4.78 is 27.4. The van der Waals surface area contributed by atoms with Gasteiger partial charge in [0.25, 0.3) is 0 Å². The largest absolute Gasteiger partial charge is 0.493 e. The molecule has 2 aliphatic rings. The zero-order chi connectivity index (χ0) is 21.4. The molecule has 1 aliphatic heterocycles. The molecular formula is C23H22O7. The highest BCUT2D eigenvalue weighted by Crippen LogP contribution is 2.43. The van der Waals surface area contributed by atoms with Crippen LogP contribution < -0.4 is 23.7 Å². The second-order valence-electron chi connectivity index (χ2n) is 7.17. The highest BCUT2D eigenvalue weighted by atomic mass is 16.5. The van der Waals surface area contributed by atoms with Crippen molar-refractivity contribution in [2.45, 2.75) is 19.8 Å². The standard InChI is InChI=1S/C23H22O7/c1-12-9-15(29-23(25)13-5-6-13)11-17-19(12)20(24)18(30-17)10-14-7-8-16(26-2)22(28-4)21(14)27-3/h7-11,13H,5-6H2,1-4H3. The molecule has 30 heavy (non-hydrogen) atoms. The second kappa shape index (κ2) is 7.74. The maximum absolute atomic E-state index is 13.0. The molecule has 1 fully saturated rings. The number of benzene rings is 2. The normalized spacial score (nSPS) is 16.1. The highest BCUT2D eigenvalue weighted by Gasteiger charge is 2.34. The molecule has 0 amide bonds. The molecule has 0 unspecified atom stereocenters. The third-order valence-electron chi connectivity index (χ3n) is 5.09. The van der Waals surface area contributed by atoms with Crippen molar-refractivity contribution in [2.24, 2.45) is 5.92 Å². The fourth-order valence-electron chi connectivity index (χ4n) is 3.43. The van der Waals surface area contributed by atoms with Gasteiger partial charge >= 0.3 is 5.97 Å². The molecular weight excluding hydrogens is 388 g/mol. The number of fused-ring (bicyclic) bond motifs is 1. The van der Waals surface area contributed by atoms with E-state index in [1.807, 2.05) is 0 Å². The molecule has 0 aromatic heterocycles. The summed E-state index contributed by atoms with van der Waals surface area (Å²) in [5.74, 6) is 1.72. The average Bonchev–Trinajstić information content (AvgIpc) is 3.53. The minimum absolute atomic E-state index is 0.0194. The first-order valence-corrected chi connectivity index (χ1v) is 9.56. The lowest BCUT2D eigenvalue weighted by Crippen LogP contribution is -2.10. The molecule has 0 saturated heterocycles. The van der Waals surface area contributed by atoms with Crippen LogP contribution >= 0.6 is 0 Å². The maximum Gasteiger partial charge on any atom is 0.314 e. The quantitative estimate of drug-likeness (QED) is 0.405. The number of carbonyl (C=O) groups is 2. The van der Waals surface area contributed by atoms with Gasteiger partial charge in [0.2, 0.25) is 11.5 Å². The van der Waals surface area contributed by atoms with Crippen LogP contribution in [0.4, 0.5) is 0 Å². The fourth-order valence-corrected chi connectivity index (χ4v) is 3.43. The van der Waals surface area contributed by atoms with Crippen LogP contribution in [-0.2, 0) is 4.79 Å². The molecule has 0 N–H and O–H groups in total. The molecule has 0 bridgehead atoms. The first-order valence-electron chi connectivity index (χ1n) is 9.56. The SMILES string of the molecule is COc1ccc(C=C2Oc3cc(OC(=O)C4CC4)cc(C)c3C2=O)c(OC)c1OC. The van der Waals surface area contributed by atoms with E-state index < -0.39 is 0 Å². The number of carbonyl (C=O) groups excluding carboxylic acids is 2. The zero-order valence-electron chi connectivity index (χ0n) is 17.2. The molecule has 0 spiro atoms. The molecule has 7 nitrogen and oxygen atoms in total. The van der Waals surface area contributed by atoms with Crippen LogP contribution in [-0.4, -0.2) is 33.1 Å². The number of rotatable bonds is 6. The predicted molar refractivity (Wildman–Crippen MR) is 109 cm³/mol. The van der Waals surface area contributed by atoms with Gasteiger partial charge < -0.3 is 23.7 Å². The fraction of sp³-hybridized carbons (Fsp3) is 0.304. The van der Waals surface area contributed by atoms with E-state index in [1.54, 1.807) is 37.3 Å². The highest BCUT2D eigenvalue weighted by molar-refractivity contribution is 6.15. The Balaban J connectivity index is 1.68. The van der Waals surface area contributed by atoms with Crippen molar-refractivity contribution in [3.8, 4) is 28.7 Å². The minimum Gasteiger partial charge on any atom is -0.493 e. The summed E-state index contributed by atoms with van der Waals surface area (Å²) in [4.78, 5) is 24.9. The monoisotopic (exact) mass is 410 g/mol. The summed E-state index contributed by atoms with van der Waals surface area (Å²) in [6.07, 6.45) is 3.31. The van der Waals surface area contributed by atoms with Gasteiger partial charge in [0.1, 0.15) is 11.5 Å². The van der Waals surface area contributed by atoms with Gasteiger partial charge in [-0.3, -0.25) is 9.59 Å². The summed E-state index contributed by atoms with van der Waals surface area (Å²) in [7, 11) is 4.56. The molecule has 0 atom stereocenters. The third kappa shape index (κ3) is 3.47. The zero-order valence-corrected chi connectivity index (χ0v) is 17.2. The van der Waals surface area contributed by atoms with Gasteiger partial charge in [-0.2, -0.15) is 0 Å². The number of esters is 1. The summed E-state index contributed by atoms with van der Waals surface area (Å²) in [6, 6.07) is 6.73. The van der Waals surface area contributed by atoms with Crippen molar-refractivity contribution in [3.63, 3.8) is 0 Å². The average molecular weight is 410 g/mol. The predicted octanol–water partition coefficient (Wildman–Crippen LogP) is 3.95. The number of allylic oxidation sites excluding steroid dienone is 1. The summed E-state index contributed by atoms with van der Waals surface area (Å²) in [6.45, 7) is 1.79. The van der Waals surface area contributed by atoms with E-state index in [2.05, 4.69) is 0 Å². The van der Waals surface area contributed by atoms with Crippen molar-refractivity contribution < 1.29 is 33.3 Å². The number of hydrogen-bond donors (Lipinski definition) is 0. The number of aryl methyl sites for hydroxylation is 1. The Labute approximate surface area is 174 Å². The first kappa shape index (κ1) is 19.8. The van der Waals surface area contributed by atoms with Crippen molar-refractivity contribution >= 4 is 17.8 Å². The molecule has 1 heterocycles. The van der Waals surface area contributed by atoms with Gasteiger partial charge in [0.15, 0.2) is 17.3 Å². The molecule has 1 saturated carbocycles. The molecule has 0 radical (unpaired) electrons. The van der Waals surface area contributed by atoms with Crippen LogP contribution in [0.3, 0.4) is 0 Å². The smallest absolute Gasteiger partial charge is 0.314 e. The van der Waals surface area contributed by atoms with Crippen LogP contribution in [0, 0.1) is 12.8 Å². The van der Waals surface area contributed by atoms with Gasteiger partial charge in [-0.05, 0) is 49.6 Å². The number of ether oxygens (including phenoxy) is 5. The lowest BCUT2D eigenvalue weighted by atomic mass is 10.0. The Kier molecular flexibility index (Phi) is 5.11. The van der Waals surface area contributed by atoms with E-state index in [4.69, 9.17) is 23.7 Å². The summed E-state index contributed by atoms with van der Waals surface area (Å²) >= 11 is 0. The second-order valence-corrected chi connectivity index (χ2v) is 7.17. The van der Waals surface area contributed by atoms with Gasteiger partial charge in [-0.1, -0.05) is 0 Å². The Morgan fingerprint density at radius 2 is 1.80 bits per heavy atom. The van der Waals surface area contributed by atoms with Crippen molar-refractivity contribution in [2.75, 3.05) is 21.3 Å². The van der Waals surface area contributed by atoms with E-state index in [0.29, 0.717) is 45.4 Å². The molecule has 1 aliphatic carbocycles. The van der Waals surface area contributed by atoms with Crippen LogP contribution in [0.25, 0.3) is 6.08 Å². The third-order valence-corrected chi connectivity index (χ3v) is 5.09. The maximum atomic E-state index is 13.0. The van der Waals surface area contributed by atoms with Crippen LogP contribution in [0.1, 0.15) is 34.3 Å². The number of ketones is 1. The number of methoxy groups -OCH3 is 3. The lowest BCUT2D eigenvalue weighted by Gasteiger charge is -2.14. The Bertz CT molecular complexity index is 1060. The van der Waals surface area contributed by atoms with Crippen LogP contribution in [0.5, 0.6) is 28.7 Å². The molecule has 4 rings (SSSR count). The molecule has 2 aromatic rings. The van der Waals surface area contributed by atoms with Gasteiger partial charge in [0, 0.05) is 11.6 Å². The molecule has 7 heteroatoms. The van der Waals surface area contributed by atoms with Crippen LogP contribution in [0.2, 0.25) is 0 Å². The molecule has 156 valence electrons. The lowest BCUT2D eigenvalue weighted by molar-refractivity contribution is -0.135. The van der Waals surface area contributed by atoms with Crippen molar-refractivity contribution in [1.29, 1.82) is 0 Å². The van der Waals surface area contributed by atoms with E-state index in [1.165, 1.54) is 21.3 Å².